The third-order valence-corrected chi connectivity index (χ3v) is 4.51. The summed E-state index contributed by atoms with van der Waals surface area (Å²) >= 11 is 0. The van der Waals surface area contributed by atoms with E-state index in [1.807, 2.05) is 36.4 Å². The molecule has 0 N–H and O–H groups in total. The van der Waals surface area contributed by atoms with Gasteiger partial charge in [-0.1, -0.05) is 48.5 Å². The second-order valence-corrected chi connectivity index (χ2v) is 5.94. The van der Waals surface area contributed by atoms with Gasteiger partial charge in [0.1, 0.15) is 0 Å². The maximum absolute atomic E-state index is 11.1. The summed E-state index contributed by atoms with van der Waals surface area (Å²) < 4.78 is 0. The highest BCUT2D eigenvalue weighted by atomic mass is 16.6. The third-order valence-electron chi connectivity index (χ3n) is 4.51. The summed E-state index contributed by atoms with van der Waals surface area (Å²) in [6.07, 6.45) is 0. The van der Waals surface area contributed by atoms with E-state index in [9.17, 15) is 10.1 Å². The Hall–Kier alpha value is -3.60. The SMILES string of the molecule is O=[N+]([O-])c1ccc2nc3c4ccccc4c4ccccc4c3nc2c1. The van der Waals surface area contributed by atoms with Crippen molar-refractivity contribution in [1.29, 1.82) is 0 Å². The van der Waals surface area contributed by atoms with Crippen LogP contribution in [-0.2, 0) is 0 Å². The summed E-state index contributed by atoms with van der Waals surface area (Å²) in [6.45, 7) is 0. The summed E-state index contributed by atoms with van der Waals surface area (Å²) in [5.41, 5.74) is 2.78. The average Bonchev–Trinajstić information content (AvgIpc) is 2.66. The zero-order valence-corrected chi connectivity index (χ0v) is 13.0. The van der Waals surface area contributed by atoms with Crippen LogP contribution in [-0.4, -0.2) is 14.9 Å². The fraction of sp³-hybridized carbons (Fsp3) is 0. The number of hydrogen-bond acceptors (Lipinski definition) is 4. The summed E-state index contributed by atoms with van der Waals surface area (Å²) in [6, 6.07) is 20.8. The van der Waals surface area contributed by atoms with E-state index < -0.39 is 4.92 Å². The topological polar surface area (TPSA) is 68.9 Å². The zero-order chi connectivity index (χ0) is 17.0. The van der Waals surface area contributed by atoms with Gasteiger partial charge in [0.05, 0.1) is 27.0 Å². The van der Waals surface area contributed by atoms with Crippen molar-refractivity contribution in [2.45, 2.75) is 0 Å². The zero-order valence-electron chi connectivity index (χ0n) is 13.0. The number of nitro benzene ring substituents is 1. The first kappa shape index (κ1) is 13.8. The lowest BCUT2D eigenvalue weighted by Gasteiger charge is -2.09. The monoisotopic (exact) mass is 325 g/mol. The Morgan fingerprint density at radius 2 is 1.20 bits per heavy atom. The molecule has 25 heavy (non-hydrogen) atoms. The van der Waals surface area contributed by atoms with Crippen molar-refractivity contribution in [3.05, 3.63) is 76.8 Å². The van der Waals surface area contributed by atoms with Crippen molar-refractivity contribution in [3.8, 4) is 0 Å². The first-order valence-corrected chi connectivity index (χ1v) is 7.88. The van der Waals surface area contributed by atoms with Crippen molar-refractivity contribution in [2.75, 3.05) is 0 Å². The molecule has 1 aromatic heterocycles. The van der Waals surface area contributed by atoms with Gasteiger partial charge in [0.15, 0.2) is 0 Å². The number of aromatic nitrogens is 2. The molecule has 0 spiro atoms. The van der Waals surface area contributed by atoms with Crippen LogP contribution in [0.25, 0.3) is 43.6 Å². The van der Waals surface area contributed by atoms with Crippen LogP contribution in [0.1, 0.15) is 0 Å². The molecule has 0 amide bonds. The standard InChI is InChI=1S/C20H11N3O2/c24-23(25)12-9-10-17-18(11-12)22-20-16-8-4-2-6-14(16)13-5-1-3-7-15(13)19(20)21-17/h1-11H. The minimum atomic E-state index is -0.413. The Morgan fingerprint density at radius 1 is 0.680 bits per heavy atom. The van der Waals surface area contributed by atoms with E-state index >= 15 is 0 Å². The van der Waals surface area contributed by atoms with Crippen LogP contribution in [0.5, 0.6) is 0 Å². The Labute approximate surface area is 141 Å². The van der Waals surface area contributed by atoms with E-state index in [-0.39, 0.29) is 5.69 Å². The van der Waals surface area contributed by atoms with Gasteiger partial charge in [0, 0.05) is 22.9 Å². The molecule has 0 saturated carbocycles. The number of hydrogen-bond donors (Lipinski definition) is 0. The Bertz CT molecular complexity index is 1330. The lowest BCUT2D eigenvalue weighted by atomic mass is 9.99. The highest BCUT2D eigenvalue weighted by Gasteiger charge is 2.13. The first-order valence-electron chi connectivity index (χ1n) is 7.88. The predicted octanol–water partition coefficient (Wildman–Crippen LogP) is 5.00. The molecule has 5 rings (SSSR count). The van der Waals surface area contributed by atoms with Crippen LogP contribution in [0.3, 0.4) is 0 Å². The van der Waals surface area contributed by atoms with Gasteiger partial charge in [0.25, 0.3) is 5.69 Å². The number of nitro groups is 1. The molecule has 0 aliphatic heterocycles. The molecule has 5 aromatic rings. The van der Waals surface area contributed by atoms with Crippen molar-refractivity contribution in [3.63, 3.8) is 0 Å². The highest BCUT2D eigenvalue weighted by Crippen LogP contribution is 2.34. The number of rotatable bonds is 1. The fourth-order valence-electron chi connectivity index (χ4n) is 3.38. The van der Waals surface area contributed by atoms with E-state index in [1.54, 1.807) is 6.07 Å². The lowest BCUT2D eigenvalue weighted by molar-refractivity contribution is -0.384. The first-order chi connectivity index (χ1) is 12.2. The second kappa shape index (κ2) is 4.95. The summed E-state index contributed by atoms with van der Waals surface area (Å²) in [5.74, 6) is 0. The number of non-ortho nitro benzene ring substituents is 1. The van der Waals surface area contributed by atoms with Crippen molar-refractivity contribution < 1.29 is 4.92 Å². The van der Waals surface area contributed by atoms with Gasteiger partial charge >= 0.3 is 0 Å². The molecule has 0 aliphatic carbocycles. The Balaban J connectivity index is 2.04. The predicted molar refractivity (Wildman–Crippen MR) is 98.7 cm³/mol. The molecule has 0 atom stereocenters. The van der Waals surface area contributed by atoms with Gasteiger partial charge in [-0.2, -0.15) is 0 Å². The molecule has 5 nitrogen and oxygen atoms in total. The van der Waals surface area contributed by atoms with Crippen molar-refractivity contribution in [2.24, 2.45) is 0 Å². The molecule has 0 fully saturated rings. The van der Waals surface area contributed by atoms with E-state index in [0.29, 0.717) is 11.0 Å². The molecule has 4 aromatic carbocycles. The molecule has 0 radical (unpaired) electrons. The van der Waals surface area contributed by atoms with Crippen molar-refractivity contribution in [1.82, 2.24) is 9.97 Å². The molecule has 0 saturated heterocycles. The van der Waals surface area contributed by atoms with E-state index in [1.165, 1.54) is 12.1 Å². The average molecular weight is 325 g/mol. The summed E-state index contributed by atoms with van der Waals surface area (Å²) in [4.78, 5) is 20.1. The fourth-order valence-corrected chi connectivity index (χ4v) is 3.38. The molecule has 118 valence electrons. The van der Waals surface area contributed by atoms with Crippen LogP contribution in [0.15, 0.2) is 66.7 Å². The van der Waals surface area contributed by atoms with Gasteiger partial charge in [-0.15, -0.1) is 0 Å². The largest absolute Gasteiger partial charge is 0.271 e. The Morgan fingerprint density at radius 3 is 1.76 bits per heavy atom. The number of fused-ring (bicyclic) bond motifs is 7. The second-order valence-electron chi connectivity index (χ2n) is 5.94. The van der Waals surface area contributed by atoms with Gasteiger partial charge in [-0.25, -0.2) is 9.97 Å². The van der Waals surface area contributed by atoms with Crippen molar-refractivity contribution >= 4 is 49.3 Å². The molecule has 1 heterocycles. The van der Waals surface area contributed by atoms with Crippen LogP contribution in [0.4, 0.5) is 5.69 Å². The smallest absolute Gasteiger partial charge is 0.258 e. The molecule has 0 bridgehead atoms. The molecule has 0 unspecified atom stereocenters. The maximum Gasteiger partial charge on any atom is 0.271 e. The van der Waals surface area contributed by atoms with Gasteiger partial charge in [-0.05, 0) is 16.8 Å². The number of nitrogens with zero attached hydrogens (tertiary/aromatic N) is 3. The minimum Gasteiger partial charge on any atom is -0.258 e. The summed E-state index contributed by atoms with van der Waals surface area (Å²) in [7, 11) is 0. The van der Waals surface area contributed by atoms with Gasteiger partial charge in [-0.3, -0.25) is 10.1 Å². The molecular weight excluding hydrogens is 314 g/mol. The summed E-state index contributed by atoms with van der Waals surface area (Å²) in [5, 5.41) is 15.3. The minimum absolute atomic E-state index is 0.0197. The molecule has 5 heteroatoms. The number of benzene rings is 4. The van der Waals surface area contributed by atoms with Crippen LogP contribution in [0.2, 0.25) is 0 Å². The maximum atomic E-state index is 11.1. The molecule has 0 aliphatic rings. The quantitative estimate of drug-likeness (QED) is 0.188. The van der Waals surface area contributed by atoms with E-state index in [4.69, 9.17) is 9.97 Å². The lowest BCUT2D eigenvalue weighted by Crippen LogP contribution is -1.93. The van der Waals surface area contributed by atoms with E-state index in [2.05, 4.69) is 12.1 Å². The van der Waals surface area contributed by atoms with Gasteiger partial charge in [0.2, 0.25) is 0 Å². The molecular formula is C20H11N3O2. The van der Waals surface area contributed by atoms with Crippen LogP contribution >= 0.6 is 0 Å². The van der Waals surface area contributed by atoms with Gasteiger partial charge < -0.3 is 0 Å². The van der Waals surface area contributed by atoms with E-state index in [0.717, 1.165) is 32.6 Å². The normalized spacial score (nSPS) is 11.5. The third kappa shape index (κ3) is 1.96. The van der Waals surface area contributed by atoms with Crippen LogP contribution < -0.4 is 0 Å². The Kier molecular flexibility index (Phi) is 2.73. The highest BCUT2D eigenvalue weighted by molar-refractivity contribution is 6.23. The van der Waals surface area contributed by atoms with Crippen LogP contribution in [0, 0.1) is 10.1 Å².